The summed E-state index contributed by atoms with van der Waals surface area (Å²) in [5.74, 6) is -0.166. The molecule has 6 nitrogen and oxygen atoms in total. The van der Waals surface area contributed by atoms with Crippen molar-refractivity contribution in [3.8, 4) is 0 Å². The van der Waals surface area contributed by atoms with E-state index in [-0.39, 0.29) is 24.1 Å². The molecular formula is C24H23F3N4O2. The van der Waals surface area contributed by atoms with Gasteiger partial charge in [-0.1, -0.05) is 37.5 Å². The van der Waals surface area contributed by atoms with E-state index in [9.17, 15) is 22.8 Å². The van der Waals surface area contributed by atoms with Gasteiger partial charge in [-0.2, -0.15) is 13.2 Å². The highest BCUT2D eigenvalue weighted by atomic mass is 19.4. The molecule has 5 rings (SSSR count). The second-order valence-corrected chi connectivity index (χ2v) is 8.62. The topological polar surface area (TPSA) is 67.2 Å². The Hall–Kier alpha value is -3.36. The van der Waals surface area contributed by atoms with Gasteiger partial charge in [-0.25, -0.2) is 4.98 Å². The van der Waals surface area contributed by atoms with Gasteiger partial charge in [-0.3, -0.25) is 19.1 Å². The summed E-state index contributed by atoms with van der Waals surface area (Å²) in [7, 11) is 0. The molecule has 1 aromatic heterocycles. The molecule has 2 aliphatic rings. The molecule has 1 saturated carbocycles. The highest BCUT2D eigenvalue weighted by molar-refractivity contribution is 6.05. The summed E-state index contributed by atoms with van der Waals surface area (Å²) >= 11 is 0. The first-order valence-corrected chi connectivity index (χ1v) is 11.1. The van der Waals surface area contributed by atoms with Gasteiger partial charge in [-0.05, 0) is 43.2 Å². The predicted octanol–water partition coefficient (Wildman–Crippen LogP) is 5.30. The van der Waals surface area contributed by atoms with E-state index >= 15 is 0 Å². The first-order chi connectivity index (χ1) is 15.8. The van der Waals surface area contributed by atoms with E-state index in [1.54, 1.807) is 9.47 Å². The van der Waals surface area contributed by atoms with E-state index in [0.29, 0.717) is 5.95 Å². The minimum absolute atomic E-state index is 0.0401. The van der Waals surface area contributed by atoms with E-state index in [1.165, 1.54) is 12.1 Å². The lowest BCUT2D eigenvalue weighted by molar-refractivity contribution is -0.137. The van der Waals surface area contributed by atoms with Gasteiger partial charge in [0.1, 0.15) is 6.04 Å². The Morgan fingerprint density at radius 1 is 1.06 bits per heavy atom. The van der Waals surface area contributed by atoms with Crippen molar-refractivity contribution in [1.82, 2.24) is 9.55 Å². The maximum absolute atomic E-state index is 13.5. The van der Waals surface area contributed by atoms with Crippen LogP contribution in [0, 0.1) is 0 Å². The average molecular weight is 456 g/mol. The molecule has 1 aliphatic heterocycles. The zero-order valence-electron chi connectivity index (χ0n) is 17.8. The summed E-state index contributed by atoms with van der Waals surface area (Å²) in [6, 6.07) is 11.2. The van der Waals surface area contributed by atoms with Crippen LogP contribution in [-0.4, -0.2) is 27.4 Å². The fourth-order valence-corrected chi connectivity index (χ4v) is 4.90. The molecule has 0 radical (unpaired) electrons. The molecule has 2 amide bonds. The van der Waals surface area contributed by atoms with Gasteiger partial charge in [0.25, 0.3) is 5.91 Å². The molecule has 1 unspecified atom stereocenters. The van der Waals surface area contributed by atoms with E-state index < -0.39 is 23.7 Å². The SMILES string of the molecule is O=C(CC1C(=O)N(C2CCCCC2)c2nc3ccccc3n21)Nc1cccc(C(F)(F)F)c1. The number of carbonyl (C=O) groups excluding carboxylic acids is 2. The van der Waals surface area contributed by atoms with Crippen LogP contribution in [0.25, 0.3) is 11.0 Å². The van der Waals surface area contributed by atoms with Gasteiger partial charge in [0.15, 0.2) is 0 Å². The summed E-state index contributed by atoms with van der Waals surface area (Å²) < 4.78 is 40.8. The minimum Gasteiger partial charge on any atom is -0.326 e. The molecule has 2 heterocycles. The van der Waals surface area contributed by atoms with Crippen molar-refractivity contribution in [2.24, 2.45) is 0 Å². The third-order valence-corrected chi connectivity index (χ3v) is 6.42. The number of carbonyl (C=O) groups is 2. The molecule has 2 aromatic carbocycles. The standard InChI is InChI=1S/C24H23F3N4O2/c25-24(26,27)15-7-6-8-16(13-15)28-21(32)14-20-22(33)30(17-9-2-1-3-10-17)23-29-18-11-4-5-12-19(18)31(20)23/h4-8,11-13,17,20H,1-3,9-10,14H2,(H,28,32). The van der Waals surface area contributed by atoms with E-state index in [4.69, 9.17) is 4.98 Å². The van der Waals surface area contributed by atoms with Crippen LogP contribution in [0.4, 0.5) is 24.8 Å². The molecule has 9 heteroatoms. The van der Waals surface area contributed by atoms with Crippen LogP contribution in [0.1, 0.15) is 50.1 Å². The fraction of sp³-hybridized carbons (Fsp3) is 0.375. The monoisotopic (exact) mass is 456 g/mol. The molecule has 1 N–H and O–H groups in total. The van der Waals surface area contributed by atoms with Gasteiger partial charge in [-0.15, -0.1) is 0 Å². The van der Waals surface area contributed by atoms with Crippen LogP contribution in [0.5, 0.6) is 0 Å². The number of alkyl halides is 3. The van der Waals surface area contributed by atoms with Crippen molar-refractivity contribution in [1.29, 1.82) is 0 Å². The second kappa shape index (κ2) is 8.20. The van der Waals surface area contributed by atoms with Crippen molar-refractivity contribution in [2.75, 3.05) is 10.2 Å². The Bertz CT molecular complexity index is 1210. The number of rotatable bonds is 4. The molecule has 3 aromatic rings. The summed E-state index contributed by atoms with van der Waals surface area (Å²) in [5.41, 5.74) is 0.698. The lowest BCUT2D eigenvalue weighted by atomic mass is 9.94. The van der Waals surface area contributed by atoms with Crippen molar-refractivity contribution in [3.63, 3.8) is 0 Å². The Balaban J connectivity index is 1.43. The minimum atomic E-state index is -4.51. The molecular weight excluding hydrogens is 433 g/mol. The number of para-hydroxylation sites is 2. The van der Waals surface area contributed by atoms with Crippen LogP contribution in [0.3, 0.4) is 0 Å². The van der Waals surface area contributed by atoms with E-state index in [0.717, 1.165) is 55.3 Å². The number of halogens is 3. The highest BCUT2D eigenvalue weighted by Crippen LogP contribution is 2.40. The normalized spacial score (nSPS) is 19.2. The molecule has 0 saturated heterocycles. The van der Waals surface area contributed by atoms with Gasteiger partial charge in [0, 0.05) is 11.7 Å². The zero-order valence-corrected chi connectivity index (χ0v) is 17.8. The Labute approximate surface area is 188 Å². The third kappa shape index (κ3) is 3.96. The summed E-state index contributed by atoms with van der Waals surface area (Å²) in [4.78, 5) is 32.7. The molecule has 1 aliphatic carbocycles. The summed E-state index contributed by atoms with van der Waals surface area (Å²) in [5, 5.41) is 2.52. The first kappa shape index (κ1) is 21.5. The Morgan fingerprint density at radius 2 is 1.82 bits per heavy atom. The van der Waals surface area contributed by atoms with Crippen LogP contribution in [0.2, 0.25) is 0 Å². The molecule has 0 bridgehead atoms. The maximum Gasteiger partial charge on any atom is 0.416 e. The van der Waals surface area contributed by atoms with Crippen molar-refractivity contribution in [2.45, 2.75) is 56.8 Å². The number of nitrogens with one attached hydrogen (secondary N) is 1. The maximum atomic E-state index is 13.5. The zero-order chi connectivity index (χ0) is 23.2. The van der Waals surface area contributed by atoms with Gasteiger partial charge >= 0.3 is 6.18 Å². The highest BCUT2D eigenvalue weighted by Gasteiger charge is 2.44. The van der Waals surface area contributed by atoms with Crippen molar-refractivity contribution in [3.05, 3.63) is 54.1 Å². The lowest BCUT2D eigenvalue weighted by Gasteiger charge is -2.30. The number of aromatic nitrogens is 2. The number of hydrogen-bond acceptors (Lipinski definition) is 3. The number of fused-ring (bicyclic) bond motifs is 3. The van der Waals surface area contributed by atoms with E-state index in [1.807, 2.05) is 24.3 Å². The molecule has 1 atom stereocenters. The largest absolute Gasteiger partial charge is 0.416 e. The smallest absolute Gasteiger partial charge is 0.326 e. The van der Waals surface area contributed by atoms with Gasteiger partial charge < -0.3 is 5.32 Å². The number of imidazole rings is 1. The molecule has 1 fully saturated rings. The predicted molar refractivity (Wildman–Crippen MR) is 118 cm³/mol. The lowest BCUT2D eigenvalue weighted by Crippen LogP contribution is -2.41. The third-order valence-electron chi connectivity index (χ3n) is 6.42. The van der Waals surface area contributed by atoms with Crippen LogP contribution < -0.4 is 10.2 Å². The molecule has 172 valence electrons. The Morgan fingerprint density at radius 3 is 2.58 bits per heavy atom. The molecule has 0 spiro atoms. The van der Waals surface area contributed by atoms with Crippen LogP contribution >= 0.6 is 0 Å². The fourth-order valence-electron chi connectivity index (χ4n) is 4.90. The number of amides is 2. The van der Waals surface area contributed by atoms with Crippen LogP contribution in [0.15, 0.2) is 48.5 Å². The number of anilines is 2. The van der Waals surface area contributed by atoms with Gasteiger partial charge in [0.2, 0.25) is 11.9 Å². The Kier molecular flexibility index (Phi) is 5.34. The quantitative estimate of drug-likeness (QED) is 0.579. The first-order valence-electron chi connectivity index (χ1n) is 11.1. The van der Waals surface area contributed by atoms with Crippen LogP contribution in [-0.2, 0) is 15.8 Å². The van der Waals surface area contributed by atoms with Crippen molar-refractivity contribution >= 4 is 34.5 Å². The second-order valence-electron chi connectivity index (χ2n) is 8.62. The number of hydrogen-bond donors (Lipinski definition) is 1. The average Bonchev–Trinajstić information content (AvgIpc) is 3.28. The summed E-state index contributed by atoms with van der Waals surface area (Å²) in [6.07, 6.45) is 0.289. The number of benzene rings is 2. The van der Waals surface area contributed by atoms with E-state index in [2.05, 4.69) is 5.32 Å². The summed E-state index contributed by atoms with van der Waals surface area (Å²) in [6.45, 7) is 0. The van der Waals surface area contributed by atoms with Crippen molar-refractivity contribution < 1.29 is 22.8 Å². The number of nitrogens with zero attached hydrogens (tertiary/aromatic N) is 3. The molecule has 33 heavy (non-hydrogen) atoms. The van der Waals surface area contributed by atoms with Gasteiger partial charge in [0.05, 0.1) is 23.0 Å².